The number of phenols is 1. The summed E-state index contributed by atoms with van der Waals surface area (Å²) in [5.41, 5.74) is 2.80. The number of nitrogens with zero attached hydrogens (tertiary/aromatic N) is 3. The molecule has 0 spiro atoms. The van der Waals surface area contributed by atoms with Gasteiger partial charge in [0, 0.05) is 45.2 Å². The SMILES string of the molecule is CN1CCN(C(=O)C2CCN(C(=O)c3cc4c(cc3O)CCCC4)CC2)CC1. The van der Waals surface area contributed by atoms with Crippen LogP contribution in [0, 0.1) is 5.92 Å². The van der Waals surface area contributed by atoms with Crippen molar-refractivity contribution in [1.82, 2.24) is 14.7 Å². The van der Waals surface area contributed by atoms with Gasteiger partial charge >= 0.3 is 0 Å². The van der Waals surface area contributed by atoms with Gasteiger partial charge in [0.1, 0.15) is 5.75 Å². The first-order valence-electron chi connectivity index (χ1n) is 10.6. The van der Waals surface area contributed by atoms with Gasteiger partial charge in [-0.2, -0.15) is 0 Å². The number of aryl methyl sites for hydroxylation is 2. The second-order valence-corrected chi connectivity index (χ2v) is 8.54. The fraction of sp³-hybridized carbons (Fsp3) is 0.636. The first-order chi connectivity index (χ1) is 13.5. The Morgan fingerprint density at radius 1 is 0.893 bits per heavy atom. The Morgan fingerprint density at radius 3 is 2.14 bits per heavy atom. The van der Waals surface area contributed by atoms with Crippen LogP contribution < -0.4 is 0 Å². The molecule has 3 aliphatic rings. The molecule has 0 aromatic heterocycles. The minimum Gasteiger partial charge on any atom is -0.507 e. The van der Waals surface area contributed by atoms with Crippen LogP contribution in [0.3, 0.4) is 0 Å². The Labute approximate surface area is 167 Å². The molecule has 28 heavy (non-hydrogen) atoms. The second-order valence-electron chi connectivity index (χ2n) is 8.54. The van der Waals surface area contributed by atoms with Gasteiger partial charge in [0.25, 0.3) is 5.91 Å². The van der Waals surface area contributed by atoms with E-state index in [2.05, 4.69) is 11.9 Å². The number of phenolic OH excluding ortho intramolecular Hbond substituents is 1. The third-order valence-corrected chi connectivity index (χ3v) is 6.64. The van der Waals surface area contributed by atoms with Crippen molar-refractivity contribution in [2.45, 2.75) is 38.5 Å². The van der Waals surface area contributed by atoms with Crippen LogP contribution in [0.15, 0.2) is 12.1 Å². The molecule has 152 valence electrons. The Balaban J connectivity index is 1.37. The predicted octanol–water partition coefficient (Wildman–Crippen LogP) is 1.90. The van der Waals surface area contributed by atoms with E-state index in [0.717, 1.165) is 51.9 Å². The Hall–Kier alpha value is -2.08. The number of rotatable bonds is 2. The van der Waals surface area contributed by atoms with Crippen LogP contribution in [0.4, 0.5) is 0 Å². The number of hydrogen-bond acceptors (Lipinski definition) is 4. The third kappa shape index (κ3) is 3.88. The van der Waals surface area contributed by atoms with Gasteiger partial charge in [0.15, 0.2) is 0 Å². The van der Waals surface area contributed by atoms with E-state index in [1.54, 1.807) is 11.0 Å². The van der Waals surface area contributed by atoms with Crippen molar-refractivity contribution in [2.24, 2.45) is 5.92 Å². The summed E-state index contributed by atoms with van der Waals surface area (Å²) in [4.78, 5) is 31.8. The van der Waals surface area contributed by atoms with E-state index in [1.165, 1.54) is 11.1 Å². The molecule has 1 aromatic carbocycles. The predicted molar refractivity (Wildman–Crippen MR) is 107 cm³/mol. The van der Waals surface area contributed by atoms with E-state index in [1.807, 2.05) is 11.0 Å². The molecule has 1 aliphatic carbocycles. The number of likely N-dealkylation sites (tertiary alicyclic amines) is 1. The van der Waals surface area contributed by atoms with Gasteiger partial charge in [-0.3, -0.25) is 9.59 Å². The highest BCUT2D eigenvalue weighted by atomic mass is 16.3. The Bertz CT molecular complexity index is 748. The monoisotopic (exact) mass is 385 g/mol. The van der Waals surface area contributed by atoms with Crippen LogP contribution in [0.25, 0.3) is 0 Å². The van der Waals surface area contributed by atoms with E-state index in [9.17, 15) is 14.7 Å². The number of piperazine rings is 1. The minimum atomic E-state index is -0.101. The number of amides is 2. The van der Waals surface area contributed by atoms with Crippen molar-refractivity contribution >= 4 is 11.8 Å². The highest BCUT2D eigenvalue weighted by Gasteiger charge is 2.32. The fourth-order valence-electron chi connectivity index (χ4n) is 4.73. The van der Waals surface area contributed by atoms with Crippen molar-refractivity contribution in [1.29, 1.82) is 0 Å². The number of likely N-dealkylation sites (N-methyl/N-ethyl adjacent to an activating group) is 1. The van der Waals surface area contributed by atoms with Crippen LogP contribution in [0.1, 0.15) is 47.2 Å². The lowest BCUT2D eigenvalue weighted by Gasteiger charge is -2.37. The zero-order chi connectivity index (χ0) is 19.7. The van der Waals surface area contributed by atoms with Gasteiger partial charge in [0.2, 0.25) is 5.91 Å². The molecule has 2 saturated heterocycles. The number of carbonyl (C=O) groups is 2. The Kier molecular flexibility index (Phi) is 5.58. The Morgan fingerprint density at radius 2 is 1.50 bits per heavy atom. The largest absolute Gasteiger partial charge is 0.507 e. The zero-order valence-corrected chi connectivity index (χ0v) is 16.8. The van der Waals surface area contributed by atoms with Crippen LogP contribution in [0.2, 0.25) is 0 Å². The average Bonchev–Trinajstić information content (AvgIpc) is 2.73. The lowest BCUT2D eigenvalue weighted by Crippen LogP contribution is -2.51. The molecule has 2 amide bonds. The van der Waals surface area contributed by atoms with Crippen molar-refractivity contribution in [2.75, 3.05) is 46.3 Å². The molecule has 0 saturated carbocycles. The quantitative estimate of drug-likeness (QED) is 0.845. The van der Waals surface area contributed by atoms with E-state index >= 15 is 0 Å². The molecule has 1 N–H and O–H groups in total. The smallest absolute Gasteiger partial charge is 0.257 e. The molecular weight excluding hydrogens is 354 g/mol. The van der Waals surface area contributed by atoms with Crippen molar-refractivity contribution in [3.8, 4) is 5.75 Å². The molecule has 0 atom stereocenters. The van der Waals surface area contributed by atoms with E-state index < -0.39 is 0 Å². The number of fused-ring (bicyclic) bond motifs is 1. The third-order valence-electron chi connectivity index (χ3n) is 6.64. The average molecular weight is 386 g/mol. The summed E-state index contributed by atoms with van der Waals surface area (Å²) in [6.45, 7) is 4.63. The van der Waals surface area contributed by atoms with Gasteiger partial charge in [-0.05, 0) is 68.8 Å². The molecule has 4 rings (SSSR count). The summed E-state index contributed by atoms with van der Waals surface area (Å²) in [6, 6.07) is 3.68. The zero-order valence-electron chi connectivity index (χ0n) is 16.8. The summed E-state index contributed by atoms with van der Waals surface area (Å²) in [6.07, 6.45) is 5.68. The van der Waals surface area contributed by atoms with Crippen molar-refractivity contribution in [3.63, 3.8) is 0 Å². The number of piperidine rings is 1. The molecule has 2 aliphatic heterocycles. The topological polar surface area (TPSA) is 64.1 Å². The summed E-state index contributed by atoms with van der Waals surface area (Å²) in [5.74, 6) is 0.263. The summed E-state index contributed by atoms with van der Waals surface area (Å²) < 4.78 is 0. The molecule has 0 unspecified atom stereocenters. The maximum atomic E-state index is 13.0. The van der Waals surface area contributed by atoms with Crippen molar-refractivity contribution < 1.29 is 14.7 Å². The van der Waals surface area contributed by atoms with E-state index in [-0.39, 0.29) is 23.5 Å². The maximum Gasteiger partial charge on any atom is 0.257 e. The molecule has 6 heteroatoms. The number of carbonyl (C=O) groups excluding carboxylic acids is 2. The number of aromatic hydroxyl groups is 1. The number of benzene rings is 1. The van der Waals surface area contributed by atoms with Crippen LogP contribution in [0.5, 0.6) is 5.75 Å². The molecule has 0 radical (unpaired) electrons. The number of hydrogen-bond donors (Lipinski definition) is 1. The van der Waals surface area contributed by atoms with Crippen LogP contribution in [-0.4, -0.2) is 77.9 Å². The molecule has 2 heterocycles. The van der Waals surface area contributed by atoms with Crippen LogP contribution in [-0.2, 0) is 17.6 Å². The maximum absolute atomic E-state index is 13.0. The van der Waals surface area contributed by atoms with Gasteiger partial charge in [0.05, 0.1) is 5.56 Å². The fourth-order valence-corrected chi connectivity index (χ4v) is 4.73. The molecule has 2 fully saturated rings. The van der Waals surface area contributed by atoms with Gasteiger partial charge < -0.3 is 19.8 Å². The molecule has 6 nitrogen and oxygen atoms in total. The standard InChI is InChI=1S/C22H31N3O3/c1-23-10-12-25(13-11-23)21(27)16-6-8-24(9-7-16)22(28)19-14-17-4-2-3-5-18(17)15-20(19)26/h14-16,26H,2-13H2,1H3. The minimum absolute atomic E-state index is 0.0181. The van der Waals surface area contributed by atoms with Crippen LogP contribution >= 0.6 is 0 Å². The van der Waals surface area contributed by atoms with Crippen molar-refractivity contribution in [3.05, 3.63) is 28.8 Å². The van der Waals surface area contributed by atoms with E-state index in [0.29, 0.717) is 31.5 Å². The lowest BCUT2D eigenvalue weighted by molar-refractivity contribution is -0.138. The van der Waals surface area contributed by atoms with E-state index in [4.69, 9.17) is 0 Å². The molecule has 1 aromatic rings. The van der Waals surface area contributed by atoms with Gasteiger partial charge in [-0.1, -0.05) is 0 Å². The first kappa shape index (κ1) is 19.2. The summed E-state index contributed by atoms with van der Waals surface area (Å²) >= 11 is 0. The summed E-state index contributed by atoms with van der Waals surface area (Å²) in [5, 5.41) is 10.4. The normalized spacial score (nSPS) is 21.5. The molecule has 0 bridgehead atoms. The highest BCUT2D eigenvalue weighted by molar-refractivity contribution is 5.97. The first-order valence-corrected chi connectivity index (χ1v) is 10.6. The molecular formula is C22H31N3O3. The summed E-state index contributed by atoms with van der Waals surface area (Å²) in [7, 11) is 2.09. The second kappa shape index (κ2) is 8.11. The van der Waals surface area contributed by atoms with Gasteiger partial charge in [-0.15, -0.1) is 0 Å². The lowest BCUT2D eigenvalue weighted by atomic mass is 9.89. The van der Waals surface area contributed by atoms with Gasteiger partial charge in [-0.25, -0.2) is 0 Å². The highest BCUT2D eigenvalue weighted by Crippen LogP contribution is 2.30.